The molecule has 0 aliphatic carbocycles. The minimum atomic E-state index is 1.05. The van der Waals surface area contributed by atoms with Gasteiger partial charge >= 0.3 is 0 Å². The van der Waals surface area contributed by atoms with Crippen LogP contribution in [0.1, 0.15) is 95.6 Å². The van der Waals surface area contributed by atoms with Crippen molar-refractivity contribution in [2.75, 3.05) is 0 Å². The summed E-state index contributed by atoms with van der Waals surface area (Å²) in [4.78, 5) is 0. The Balaban J connectivity index is 2.08. The standard InChI is InChI=1S/C22H34/c1-3-5-7-8-9-10-11-12-13-14-16-22-19-17-21(18-20-22)15-6-4-2/h17-20H,3-13,15H2,1-2H3. The molecule has 0 aromatic heterocycles. The summed E-state index contributed by atoms with van der Waals surface area (Å²) >= 11 is 0. The van der Waals surface area contributed by atoms with Gasteiger partial charge in [-0.25, -0.2) is 0 Å². The van der Waals surface area contributed by atoms with Crippen molar-refractivity contribution in [3.63, 3.8) is 0 Å². The van der Waals surface area contributed by atoms with Crippen LogP contribution in [0.5, 0.6) is 0 Å². The molecule has 22 heavy (non-hydrogen) atoms. The maximum Gasteiger partial charge on any atom is 0.0245 e. The van der Waals surface area contributed by atoms with E-state index in [0.29, 0.717) is 0 Å². The molecule has 0 saturated heterocycles. The van der Waals surface area contributed by atoms with Crippen LogP contribution in [0.2, 0.25) is 0 Å². The Morgan fingerprint density at radius 3 is 1.91 bits per heavy atom. The molecule has 0 spiro atoms. The third kappa shape index (κ3) is 9.67. The van der Waals surface area contributed by atoms with Gasteiger partial charge in [0.15, 0.2) is 0 Å². The molecule has 0 atom stereocenters. The van der Waals surface area contributed by atoms with Crippen LogP contribution in [0, 0.1) is 11.8 Å². The summed E-state index contributed by atoms with van der Waals surface area (Å²) in [5, 5.41) is 0. The average Bonchev–Trinajstić information content (AvgIpc) is 2.56. The summed E-state index contributed by atoms with van der Waals surface area (Å²) < 4.78 is 0. The van der Waals surface area contributed by atoms with Crippen LogP contribution >= 0.6 is 0 Å². The van der Waals surface area contributed by atoms with E-state index in [1.807, 2.05) is 0 Å². The van der Waals surface area contributed by atoms with E-state index in [2.05, 4.69) is 50.0 Å². The predicted molar refractivity (Wildman–Crippen MR) is 99.2 cm³/mol. The highest BCUT2D eigenvalue weighted by atomic mass is 14.0. The summed E-state index contributed by atoms with van der Waals surface area (Å²) in [5.41, 5.74) is 2.61. The second-order valence-electron chi connectivity index (χ2n) is 6.33. The summed E-state index contributed by atoms with van der Waals surface area (Å²) in [6, 6.07) is 8.81. The van der Waals surface area contributed by atoms with E-state index in [1.165, 1.54) is 81.8 Å². The predicted octanol–water partition coefficient (Wildman–Crippen LogP) is 6.91. The Morgan fingerprint density at radius 1 is 0.682 bits per heavy atom. The maximum atomic E-state index is 3.33. The Kier molecular flexibility index (Phi) is 11.5. The molecule has 0 nitrogen and oxygen atoms in total. The first kappa shape index (κ1) is 18.8. The molecule has 0 amide bonds. The van der Waals surface area contributed by atoms with Crippen molar-refractivity contribution in [2.24, 2.45) is 0 Å². The first-order valence-electron chi connectivity index (χ1n) is 9.44. The van der Waals surface area contributed by atoms with Gasteiger partial charge in [0.2, 0.25) is 0 Å². The molecule has 0 saturated carbocycles. The lowest BCUT2D eigenvalue weighted by Crippen LogP contribution is -1.84. The van der Waals surface area contributed by atoms with Crippen molar-refractivity contribution in [1.29, 1.82) is 0 Å². The first-order chi connectivity index (χ1) is 10.9. The van der Waals surface area contributed by atoms with E-state index in [4.69, 9.17) is 0 Å². The van der Waals surface area contributed by atoms with Gasteiger partial charge in [-0.1, -0.05) is 89.2 Å². The van der Waals surface area contributed by atoms with Gasteiger partial charge in [0.25, 0.3) is 0 Å². The average molecular weight is 299 g/mol. The largest absolute Gasteiger partial charge is 0.0979 e. The number of hydrogen-bond acceptors (Lipinski definition) is 0. The minimum Gasteiger partial charge on any atom is -0.0979 e. The van der Waals surface area contributed by atoms with Gasteiger partial charge in [-0.3, -0.25) is 0 Å². The Labute approximate surface area is 138 Å². The zero-order valence-corrected chi connectivity index (χ0v) is 14.8. The van der Waals surface area contributed by atoms with Gasteiger partial charge < -0.3 is 0 Å². The summed E-state index contributed by atoms with van der Waals surface area (Å²) in [6.45, 7) is 4.52. The minimum absolute atomic E-state index is 1.05. The number of rotatable bonds is 11. The molecule has 1 rings (SSSR count). The highest BCUT2D eigenvalue weighted by Crippen LogP contribution is 2.10. The molecule has 0 aliphatic heterocycles. The van der Waals surface area contributed by atoms with Crippen molar-refractivity contribution in [3.8, 4) is 11.8 Å². The van der Waals surface area contributed by atoms with Crippen molar-refractivity contribution in [2.45, 2.75) is 90.9 Å². The molecule has 0 radical (unpaired) electrons. The van der Waals surface area contributed by atoms with Crippen LogP contribution < -0.4 is 0 Å². The maximum absolute atomic E-state index is 3.33. The Hall–Kier alpha value is -1.22. The quantitative estimate of drug-likeness (QED) is 0.307. The molecule has 0 bridgehead atoms. The highest BCUT2D eigenvalue weighted by Gasteiger charge is 1.93. The fourth-order valence-corrected chi connectivity index (χ4v) is 2.65. The number of aryl methyl sites for hydroxylation is 1. The van der Waals surface area contributed by atoms with Crippen molar-refractivity contribution < 1.29 is 0 Å². The summed E-state index contributed by atoms with van der Waals surface area (Å²) in [5.74, 6) is 6.62. The van der Waals surface area contributed by atoms with Crippen LogP contribution in [0.15, 0.2) is 24.3 Å². The van der Waals surface area contributed by atoms with Gasteiger partial charge in [-0.2, -0.15) is 0 Å². The van der Waals surface area contributed by atoms with Crippen LogP contribution in [0.25, 0.3) is 0 Å². The van der Waals surface area contributed by atoms with Gasteiger partial charge in [0.05, 0.1) is 0 Å². The van der Waals surface area contributed by atoms with Crippen LogP contribution in [-0.2, 0) is 6.42 Å². The van der Waals surface area contributed by atoms with Gasteiger partial charge in [0, 0.05) is 12.0 Å². The third-order valence-electron chi connectivity index (χ3n) is 4.16. The lowest BCUT2D eigenvalue weighted by atomic mass is 10.1. The van der Waals surface area contributed by atoms with Crippen LogP contribution in [0.3, 0.4) is 0 Å². The molecule has 0 aliphatic rings. The van der Waals surface area contributed by atoms with Crippen molar-refractivity contribution in [3.05, 3.63) is 35.4 Å². The molecular weight excluding hydrogens is 264 g/mol. The molecule has 0 unspecified atom stereocenters. The molecule has 122 valence electrons. The fourth-order valence-electron chi connectivity index (χ4n) is 2.65. The Morgan fingerprint density at radius 2 is 1.27 bits per heavy atom. The molecule has 1 aromatic carbocycles. The molecule has 0 heterocycles. The molecular formula is C22H34. The smallest absolute Gasteiger partial charge is 0.0245 e. The lowest BCUT2D eigenvalue weighted by Gasteiger charge is -2.00. The number of unbranched alkanes of at least 4 members (excludes halogenated alkanes) is 9. The number of hydrogen-bond donors (Lipinski definition) is 0. The molecule has 0 N–H and O–H groups in total. The second kappa shape index (κ2) is 13.4. The van der Waals surface area contributed by atoms with Gasteiger partial charge in [0.1, 0.15) is 0 Å². The van der Waals surface area contributed by atoms with Crippen molar-refractivity contribution >= 4 is 0 Å². The second-order valence-corrected chi connectivity index (χ2v) is 6.33. The van der Waals surface area contributed by atoms with Crippen molar-refractivity contribution in [1.82, 2.24) is 0 Å². The van der Waals surface area contributed by atoms with E-state index < -0.39 is 0 Å². The van der Waals surface area contributed by atoms with E-state index in [1.54, 1.807) is 0 Å². The van der Waals surface area contributed by atoms with E-state index >= 15 is 0 Å². The highest BCUT2D eigenvalue weighted by molar-refractivity contribution is 5.36. The zero-order chi connectivity index (χ0) is 15.9. The molecule has 0 fully saturated rings. The van der Waals surface area contributed by atoms with E-state index in [0.717, 1.165) is 6.42 Å². The monoisotopic (exact) mass is 298 g/mol. The third-order valence-corrected chi connectivity index (χ3v) is 4.16. The molecule has 1 aromatic rings. The van der Waals surface area contributed by atoms with E-state index in [-0.39, 0.29) is 0 Å². The normalized spacial score (nSPS) is 10.3. The SMILES string of the molecule is CCCCCCCCCCC#Cc1ccc(CCCC)cc1. The lowest BCUT2D eigenvalue weighted by molar-refractivity contribution is 0.579. The van der Waals surface area contributed by atoms with Crippen LogP contribution in [-0.4, -0.2) is 0 Å². The first-order valence-corrected chi connectivity index (χ1v) is 9.44. The van der Waals surface area contributed by atoms with Crippen LogP contribution in [0.4, 0.5) is 0 Å². The fraction of sp³-hybridized carbons (Fsp3) is 0.636. The Bertz CT molecular complexity index is 416. The summed E-state index contributed by atoms with van der Waals surface area (Å²) in [7, 11) is 0. The topological polar surface area (TPSA) is 0 Å². The van der Waals surface area contributed by atoms with E-state index in [9.17, 15) is 0 Å². The van der Waals surface area contributed by atoms with Gasteiger partial charge in [-0.05, 0) is 37.0 Å². The number of benzene rings is 1. The zero-order valence-electron chi connectivity index (χ0n) is 14.8. The van der Waals surface area contributed by atoms with Gasteiger partial charge in [-0.15, -0.1) is 0 Å². The summed E-state index contributed by atoms with van der Waals surface area (Å²) in [6.07, 6.45) is 15.8. The molecule has 0 heteroatoms.